The molecule has 25 heavy (non-hydrogen) atoms. The normalized spacial score (nSPS) is 12.4. The highest BCUT2D eigenvalue weighted by Gasteiger charge is 2.19. The number of aliphatic hydroxyl groups is 1. The molecule has 7 heteroatoms. The lowest BCUT2D eigenvalue weighted by Crippen LogP contribution is -2.18. The number of hydrogen-bond acceptors (Lipinski definition) is 5. The number of hydroxylamine groups is 1. The molecule has 0 amide bonds. The molecule has 0 radical (unpaired) electrons. The maximum atomic E-state index is 12.5. The van der Waals surface area contributed by atoms with Crippen LogP contribution in [0.3, 0.4) is 0 Å². The van der Waals surface area contributed by atoms with Crippen molar-refractivity contribution < 1.29 is 19.5 Å². The van der Waals surface area contributed by atoms with Crippen LogP contribution in [0, 0.1) is 15.3 Å². The van der Waals surface area contributed by atoms with E-state index in [9.17, 15) is 20.4 Å². The van der Waals surface area contributed by atoms with E-state index >= 15 is 0 Å². The summed E-state index contributed by atoms with van der Waals surface area (Å²) in [6, 6.07) is 11.9. The molecule has 0 heterocycles. The van der Waals surface area contributed by atoms with Gasteiger partial charge >= 0.3 is 0 Å². The maximum absolute atomic E-state index is 12.5. The second-order valence-corrected chi connectivity index (χ2v) is 5.18. The first-order valence-corrected chi connectivity index (χ1v) is 7.55. The first-order valence-electron chi connectivity index (χ1n) is 7.55. The van der Waals surface area contributed by atoms with Crippen LogP contribution >= 0.6 is 0 Å². The van der Waals surface area contributed by atoms with Crippen molar-refractivity contribution in [2.75, 3.05) is 13.2 Å². The van der Waals surface area contributed by atoms with Crippen molar-refractivity contribution >= 4 is 11.9 Å². The minimum Gasteiger partial charge on any atom is -0.623 e. The van der Waals surface area contributed by atoms with Crippen LogP contribution in [-0.2, 0) is 0 Å². The van der Waals surface area contributed by atoms with Crippen LogP contribution in [0.5, 0.6) is 5.75 Å². The number of aliphatic hydroxyl groups excluding tert-OH is 1. The minimum absolute atomic E-state index is 0.161. The van der Waals surface area contributed by atoms with Gasteiger partial charge in [-0.2, -0.15) is 0 Å². The molecule has 0 aliphatic heterocycles. The summed E-state index contributed by atoms with van der Waals surface area (Å²) in [5.74, 6) is 0.316. The Morgan fingerprint density at radius 3 is 2.52 bits per heavy atom. The number of hydrogen-bond donors (Lipinski definition) is 1. The van der Waals surface area contributed by atoms with Crippen LogP contribution < -0.4 is 4.74 Å². The van der Waals surface area contributed by atoms with E-state index in [-0.39, 0.29) is 17.9 Å². The van der Waals surface area contributed by atoms with Crippen LogP contribution in [0.2, 0.25) is 0 Å². The third-order valence-corrected chi connectivity index (χ3v) is 3.49. The molecular weight excluding hydrogens is 324 g/mol. The molecule has 0 aliphatic rings. The molecule has 7 nitrogen and oxygen atoms in total. The van der Waals surface area contributed by atoms with Gasteiger partial charge in [-0.25, -0.2) is 4.74 Å². The molecule has 130 valence electrons. The van der Waals surface area contributed by atoms with Gasteiger partial charge in [0, 0.05) is 17.7 Å². The van der Waals surface area contributed by atoms with Crippen molar-refractivity contribution in [1.82, 2.24) is 0 Å². The van der Waals surface area contributed by atoms with Crippen LogP contribution in [0.4, 0.5) is 5.69 Å². The number of nitro groups is 1. The Kier molecular flexibility index (Phi) is 6.25. The summed E-state index contributed by atoms with van der Waals surface area (Å²) in [6.45, 7) is 3.34. The highest BCUT2D eigenvalue weighted by molar-refractivity contribution is 5.81. The van der Waals surface area contributed by atoms with Gasteiger partial charge in [0.2, 0.25) is 6.04 Å². The molecule has 0 fully saturated rings. The minimum atomic E-state index is -0.826. The van der Waals surface area contributed by atoms with E-state index in [0.717, 1.165) is 0 Å². The summed E-state index contributed by atoms with van der Waals surface area (Å²) in [5.41, 5.74) is 0.724. The van der Waals surface area contributed by atoms with Gasteiger partial charge in [-0.3, -0.25) is 10.1 Å². The van der Waals surface area contributed by atoms with Gasteiger partial charge in [0.05, 0.1) is 10.5 Å². The molecule has 0 spiro atoms. The molecule has 0 aromatic heterocycles. The Hall–Kier alpha value is -3.19. The Morgan fingerprint density at radius 1 is 1.20 bits per heavy atom. The highest BCUT2D eigenvalue weighted by atomic mass is 16.6. The molecule has 1 N–H and O–H groups in total. The van der Waals surface area contributed by atoms with Gasteiger partial charge in [-0.1, -0.05) is 43.0 Å². The van der Waals surface area contributed by atoms with Gasteiger partial charge in [-0.05, 0) is 6.07 Å². The third kappa shape index (κ3) is 4.65. The van der Waals surface area contributed by atoms with E-state index in [1.165, 1.54) is 30.5 Å². The molecule has 0 aliphatic carbocycles. The van der Waals surface area contributed by atoms with Crippen molar-refractivity contribution in [2.24, 2.45) is 0 Å². The topological polar surface area (TPSA) is 98.7 Å². The van der Waals surface area contributed by atoms with Crippen LogP contribution in [0.15, 0.2) is 61.2 Å². The van der Waals surface area contributed by atoms with E-state index < -0.39 is 17.6 Å². The van der Waals surface area contributed by atoms with E-state index in [0.29, 0.717) is 16.1 Å². The molecule has 1 atom stereocenters. The van der Waals surface area contributed by atoms with E-state index in [1.54, 1.807) is 30.3 Å². The molecular formula is C18H18N2O5. The van der Waals surface area contributed by atoms with Crippen molar-refractivity contribution in [1.29, 1.82) is 0 Å². The lowest BCUT2D eigenvalue weighted by atomic mass is 10.1. The summed E-state index contributed by atoms with van der Waals surface area (Å²) < 4.78 is 6.01. The third-order valence-electron chi connectivity index (χ3n) is 3.49. The number of rotatable bonds is 8. The molecule has 0 unspecified atom stereocenters. The lowest BCUT2D eigenvalue weighted by Gasteiger charge is -2.15. The molecule has 2 aromatic carbocycles. The summed E-state index contributed by atoms with van der Waals surface area (Å²) in [7, 11) is 0. The molecule has 2 rings (SSSR count). The fraction of sp³-hybridized carbons (Fsp3) is 0.167. The summed E-state index contributed by atoms with van der Waals surface area (Å²) >= 11 is 0. The zero-order valence-electron chi connectivity index (χ0n) is 13.4. The first-order chi connectivity index (χ1) is 12.1. The number of nitro benzene ring substituents is 1. The number of ether oxygens (including phenoxy) is 1. The second kappa shape index (κ2) is 8.60. The SMILES string of the molecule is C=CCOc1ccc([N+](=O)[O-])cc1/C=[N+](\[O-])[C@@H](CO)c1ccccc1. The van der Waals surface area contributed by atoms with E-state index in [1.807, 2.05) is 0 Å². The van der Waals surface area contributed by atoms with E-state index in [2.05, 4.69) is 6.58 Å². The lowest BCUT2D eigenvalue weighted by molar-refractivity contribution is -0.506. The van der Waals surface area contributed by atoms with Gasteiger partial charge in [0.25, 0.3) is 5.69 Å². The van der Waals surface area contributed by atoms with Crippen molar-refractivity contribution in [3.05, 3.63) is 87.6 Å². The Bertz CT molecular complexity index is 774. The average Bonchev–Trinajstić information content (AvgIpc) is 2.62. The van der Waals surface area contributed by atoms with E-state index in [4.69, 9.17) is 4.74 Å². The van der Waals surface area contributed by atoms with Crippen LogP contribution in [0.25, 0.3) is 0 Å². The van der Waals surface area contributed by atoms with Crippen LogP contribution in [-0.4, -0.2) is 34.2 Å². The quantitative estimate of drug-likeness (QED) is 0.199. The molecule has 2 aromatic rings. The number of benzene rings is 2. The average molecular weight is 342 g/mol. The van der Waals surface area contributed by atoms with Crippen LogP contribution in [0.1, 0.15) is 17.2 Å². The second-order valence-electron chi connectivity index (χ2n) is 5.18. The van der Waals surface area contributed by atoms with Crippen molar-refractivity contribution in [3.63, 3.8) is 0 Å². The molecule has 0 saturated heterocycles. The van der Waals surface area contributed by atoms with Gasteiger partial charge < -0.3 is 15.1 Å². The predicted octanol–water partition coefficient (Wildman–Crippen LogP) is 2.82. The monoisotopic (exact) mass is 342 g/mol. The smallest absolute Gasteiger partial charge is 0.270 e. The maximum Gasteiger partial charge on any atom is 0.270 e. The Balaban J connectivity index is 2.43. The van der Waals surface area contributed by atoms with Crippen molar-refractivity contribution in [3.8, 4) is 5.75 Å². The summed E-state index contributed by atoms with van der Waals surface area (Å²) in [4.78, 5) is 10.4. The molecule has 0 bridgehead atoms. The zero-order valence-corrected chi connectivity index (χ0v) is 13.4. The first kappa shape index (κ1) is 18.2. The number of non-ortho nitro benzene ring substituents is 1. The fourth-order valence-corrected chi connectivity index (χ4v) is 2.27. The number of nitrogens with zero attached hydrogens (tertiary/aromatic N) is 2. The molecule has 0 saturated carbocycles. The fourth-order valence-electron chi connectivity index (χ4n) is 2.27. The Labute approximate surface area is 144 Å². The highest BCUT2D eigenvalue weighted by Crippen LogP contribution is 2.24. The van der Waals surface area contributed by atoms with Gasteiger partial charge in [-0.15, -0.1) is 0 Å². The van der Waals surface area contributed by atoms with Gasteiger partial charge in [0.1, 0.15) is 19.0 Å². The van der Waals surface area contributed by atoms with Crippen molar-refractivity contribution in [2.45, 2.75) is 6.04 Å². The zero-order chi connectivity index (χ0) is 18.2. The standard InChI is InChI=1S/C18H18N2O5/c1-2-10-25-18-9-8-16(20(23)24)11-15(18)12-19(22)17(13-21)14-6-4-3-5-7-14/h2-9,11-12,17,21H,1,10,13H2/b19-12-/t17-/m0/s1. The summed E-state index contributed by atoms with van der Waals surface area (Å²) in [6.07, 6.45) is 2.71. The van der Waals surface area contributed by atoms with Gasteiger partial charge in [0.15, 0.2) is 6.21 Å². The summed E-state index contributed by atoms with van der Waals surface area (Å²) in [5, 5.41) is 33.1. The Morgan fingerprint density at radius 2 is 1.92 bits per heavy atom. The predicted molar refractivity (Wildman–Crippen MR) is 93.9 cm³/mol. The largest absolute Gasteiger partial charge is 0.623 e.